The lowest BCUT2D eigenvalue weighted by atomic mass is 9.55. The summed E-state index contributed by atoms with van der Waals surface area (Å²) in [4.78, 5) is 2.57. The Morgan fingerprint density at radius 2 is 0.873 bits per heavy atom. The van der Waals surface area contributed by atoms with Gasteiger partial charge in [-0.2, -0.15) is 0 Å². The SMILES string of the molecule is CCCCCCc1cc(N(c2ccc(B3OC(C)(C)C(C)(C)O3)c(CCCCCC)c2)c2ccc3c(c2)C24CCCC2(CCC4)c2ccccc2-3)ccc1B1OC(C)(C)C(C)(C)O1. The highest BCUT2D eigenvalue weighted by Crippen LogP contribution is 2.69. The third kappa shape index (κ3) is 7.57. The Kier molecular flexibility index (Phi) is 12.0. The van der Waals surface area contributed by atoms with Crippen LogP contribution in [0.5, 0.6) is 0 Å². The van der Waals surface area contributed by atoms with Gasteiger partial charge in [-0.3, -0.25) is 0 Å². The van der Waals surface area contributed by atoms with Crippen LogP contribution in [0.3, 0.4) is 0 Å². The summed E-state index contributed by atoms with van der Waals surface area (Å²) in [5.41, 5.74) is 13.4. The molecule has 2 saturated heterocycles. The fourth-order valence-electron chi connectivity index (χ4n) is 12.3. The topological polar surface area (TPSA) is 40.2 Å². The van der Waals surface area contributed by atoms with E-state index in [4.69, 9.17) is 18.6 Å². The van der Waals surface area contributed by atoms with Crippen LogP contribution in [0.15, 0.2) is 78.9 Å². The summed E-state index contributed by atoms with van der Waals surface area (Å²) in [5.74, 6) is 0. The van der Waals surface area contributed by atoms with Gasteiger partial charge in [0.25, 0.3) is 0 Å². The van der Waals surface area contributed by atoms with Crippen LogP contribution in [0.2, 0.25) is 0 Å². The van der Waals surface area contributed by atoms with Gasteiger partial charge in [-0.25, -0.2) is 0 Å². The molecule has 0 spiro atoms. The quantitative estimate of drug-likeness (QED) is 0.0880. The van der Waals surface area contributed by atoms with Crippen molar-refractivity contribution in [2.45, 2.75) is 205 Å². The fourth-order valence-corrected chi connectivity index (χ4v) is 12.3. The van der Waals surface area contributed by atoms with Crippen molar-refractivity contribution in [3.05, 3.63) is 101 Å². The summed E-state index contributed by atoms with van der Waals surface area (Å²) in [7, 11) is -0.818. The Morgan fingerprint density at radius 1 is 0.460 bits per heavy atom. The lowest BCUT2D eigenvalue weighted by Gasteiger charge is -2.48. The van der Waals surface area contributed by atoms with E-state index in [9.17, 15) is 0 Å². The molecule has 4 fully saturated rings. The van der Waals surface area contributed by atoms with Crippen LogP contribution < -0.4 is 15.8 Å². The molecule has 0 unspecified atom stereocenters. The molecule has 4 aromatic rings. The number of nitrogens with zero attached hydrogens (tertiary/aromatic N) is 1. The molecule has 2 saturated carbocycles. The monoisotopic (exact) mass is 848 g/mol. The van der Waals surface area contributed by atoms with Crippen molar-refractivity contribution in [1.29, 1.82) is 0 Å². The molecule has 63 heavy (non-hydrogen) atoms. The first kappa shape index (κ1) is 44.8. The molecule has 0 aromatic heterocycles. The molecule has 2 aliphatic heterocycles. The van der Waals surface area contributed by atoms with Crippen molar-refractivity contribution in [1.82, 2.24) is 0 Å². The summed E-state index contributed by atoms with van der Waals surface area (Å²) in [6.07, 6.45) is 19.3. The van der Waals surface area contributed by atoms with Crippen molar-refractivity contribution < 1.29 is 18.6 Å². The largest absolute Gasteiger partial charge is 0.495 e. The van der Waals surface area contributed by atoms with E-state index in [1.165, 1.54) is 116 Å². The van der Waals surface area contributed by atoms with E-state index < -0.39 is 36.6 Å². The van der Waals surface area contributed by atoms with Gasteiger partial charge in [-0.15, -0.1) is 0 Å². The summed E-state index contributed by atoms with van der Waals surface area (Å²) >= 11 is 0. The predicted octanol–water partition coefficient (Wildman–Crippen LogP) is 13.5. The van der Waals surface area contributed by atoms with Gasteiger partial charge in [0.15, 0.2) is 0 Å². The molecule has 5 nitrogen and oxygen atoms in total. The van der Waals surface area contributed by atoms with Gasteiger partial charge in [0.2, 0.25) is 0 Å². The highest BCUT2D eigenvalue weighted by Gasteiger charge is 2.62. The molecule has 0 bridgehead atoms. The number of fused-ring (bicyclic) bond motifs is 3. The van der Waals surface area contributed by atoms with Crippen LogP contribution in [-0.4, -0.2) is 36.6 Å². The molecule has 7 heteroatoms. The van der Waals surface area contributed by atoms with E-state index in [-0.39, 0.29) is 10.8 Å². The summed E-state index contributed by atoms with van der Waals surface area (Å²) in [6, 6.07) is 31.2. The zero-order valence-corrected chi connectivity index (χ0v) is 40.6. The van der Waals surface area contributed by atoms with Gasteiger partial charge >= 0.3 is 14.2 Å². The maximum atomic E-state index is 6.76. The van der Waals surface area contributed by atoms with Gasteiger partial charge in [0.05, 0.1) is 22.4 Å². The standard InChI is InChI=1S/C56H75B2NO4/c1-11-13-15-17-23-40-37-42(28-31-49(40)57-60-51(3,4)52(5,6)61-57)59(43-29-32-50(41(38-43)24-18-16-14-12-2)58-62-53(7,8)54(9,10)63-58)44-27-30-46-45-25-19-20-26-47(45)55-33-21-35-56(55,36-22-34-55)48(46)39-44/h19-20,25-32,37-39H,11-18,21-24,33-36H2,1-10H3. The number of unbranched alkanes of at least 4 members (excludes halogenated alkanes) is 6. The second-order valence-corrected chi connectivity index (χ2v) is 22.0. The van der Waals surface area contributed by atoms with E-state index in [1.807, 2.05) is 0 Å². The van der Waals surface area contributed by atoms with Gasteiger partial charge in [0.1, 0.15) is 0 Å². The van der Waals surface area contributed by atoms with Crippen LogP contribution in [0.4, 0.5) is 17.1 Å². The molecule has 0 atom stereocenters. The van der Waals surface area contributed by atoms with Gasteiger partial charge < -0.3 is 23.5 Å². The Hall–Kier alpha value is -3.35. The van der Waals surface area contributed by atoms with Crippen LogP contribution in [0, 0.1) is 0 Å². The van der Waals surface area contributed by atoms with Crippen molar-refractivity contribution in [2.75, 3.05) is 4.90 Å². The minimum atomic E-state index is -0.412. The number of hydrogen-bond acceptors (Lipinski definition) is 5. The van der Waals surface area contributed by atoms with Crippen molar-refractivity contribution in [2.24, 2.45) is 0 Å². The number of anilines is 3. The molecule has 3 aliphatic carbocycles. The van der Waals surface area contributed by atoms with E-state index >= 15 is 0 Å². The van der Waals surface area contributed by atoms with Crippen molar-refractivity contribution in [3.63, 3.8) is 0 Å². The van der Waals surface area contributed by atoms with Gasteiger partial charge in [-0.05, 0) is 187 Å². The Morgan fingerprint density at radius 3 is 1.35 bits per heavy atom. The molecule has 0 N–H and O–H groups in total. The van der Waals surface area contributed by atoms with Gasteiger partial charge in [-0.1, -0.05) is 108 Å². The lowest BCUT2D eigenvalue weighted by molar-refractivity contribution is 0.00578. The molecule has 2 heterocycles. The Labute approximate surface area is 381 Å². The molecule has 0 amide bonds. The first-order valence-corrected chi connectivity index (χ1v) is 25.1. The first-order valence-electron chi connectivity index (χ1n) is 25.1. The van der Waals surface area contributed by atoms with Crippen molar-refractivity contribution in [3.8, 4) is 11.1 Å². The lowest BCUT2D eigenvalue weighted by Crippen LogP contribution is -2.43. The zero-order valence-electron chi connectivity index (χ0n) is 40.6. The van der Waals surface area contributed by atoms with Crippen molar-refractivity contribution >= 4 is 42.2 Å². The molecule has 334 valence electrons. The molecule has 4 aromatic carbocycles. The third-order valence-corrected chi connectivity index (χ3v) is 17.2. The number of aryl methyl sites for hydroxylation is 2. The Bertz CT molecular complexity index is 2170. The first-order chi connectivity index (χ1) is 30.1. The Balaban J connectivity index is 1.21. The summed E-state index contributed by atoms with van der Waals surface area (Å²) in [5, 5.41) is 0. The van der Waals surface area contributed by atoms with Crippen LogP contribution in [-0.2, 0) is 42.3 Å². The maximum absolute atomic E-state index is 6.76. The number of hydrogen-bond donors (Lipinski definition) is 0. The van der Waals surface area contributed by atoms with Crippen LogP contribution >= 0.6 is 0 Å². The predicted molar refractivity (Wildman–Crippen MR) is 265 cm³/mol. The molecular formula is C56H75B2NO4. The minimum absolute atomic E-state index is 0.175. The maximum Gasteiger partial charge on any atom is 0.495 e. The summed E-state index contributed by atoms with van der Waals surface area (Å²) in [6.45, 7) is 21.9. The average molecular weight is 848 g/mol. The normalized spacial score (nSPS) is 24.6. The second-order valence-electron chi connectivity index (χ2n) is 22.0. The number of benzene rings is 4. The minimum Gasteiger partial charge on any atom is -0.399 e. The molecule has 5 aliphatic rings. The van der Waals surface area contributed by atoms with E-state index in [2.05, 4.69) is 153 Å². The summed E-state index contributed by atoms with van der Waals surface area (Å²) < 4.78 is 27.0. The molecule has 0 radical (unpaired) electrons. The molecular weight excluding hydrogens is 772 g/mol. The smallest absolute Gasteiger partial charge is 0.399 e. The van der Waals surface area contributed by atoms with Crippen LogP contribution in [0.1, 0.15) is 181 Å². The van der Waals surface area contributed by atoms with Gasteiger partial charge in [0, 0.05) is 27.9 Å². The highest BCUT2D eigenvalue weighted by molar-refractivity contribution is 6.63. The second kappa shape index (κ2) is 16.8. The van der Waals surface area contributed by atoms with Crippen LogP contribution in [0.25, 0.3) is 11.1 Å². The molecule has 9 rings (SSSR count). The fraction of sp³-hybridized carbons (Fsp3) is 0.571. The zero-order chi connectivity index (χ0) is 44.4. The average Bonchev–Trinajstić information content (AvgIpc) is 3.94. The number of rotatable bonds is 15. The third-order valence-electron chi connectivity index (χ3n) is 17.2. The highest BCUT2D eigenvalue weighted by atomic mass is 16.7. The van der Waals surface area contributed by atoms with E-state index in [0.29, 0.717) is 0 Å². The van der Waals surface area contributed by atoms with E-state index in [1.54, 1.807) is 11.1 Å². The van der Waals surface area contributed by atoms with E-state index in [0.717, 1.165) is 36.6 Å².